The lowest BCUT2D eigenvalue weighted by atomic mass is 10.0. The summed E-state index contributed by atoms with van der Waals surface area (Å²) in [5, 5.41) is 4.68. The van der Waals surface area contributed by atoms with E-state index in [1.54, 1.807) is 24.3 Å². The molecule has 0 spiro atoms. The summed E-state index contributed by atoms with van der Waals surface area (Å²) in [5.74, 6) is -0.991. The van der Waals surface area contributed by atoms with Gasteiger partial charge in [-0.15, -0.1) is 0 Å². The molecule has 1 saturated heterocycles. The van der Waals surface area contributed by atoms with Crippen molar-refractivity contribution in [3.05, 3.63) is 66.0 Å². The monoisotopic (exact) mass is 448 g/mol. The first-order valence-corrected chi connectivity index (χ1v) is 11.3. The number of urea groups is 1. The zero-order valence-electron chi connectivity index (χ0n) is 17.1. The second-order valence-electron chi connectivity index (χ2n) is 7.13. The molecule has 10 heteroatoms. The zero-order chi connectivity index (χ0) is 22.4. The molecule has 0 aromatic heterocycles. The molecule has 1 atom stereocenters. The Balaban J connectivity index is 1.81. The maximum Gasteiger partial charge on any atom is 0.321 e. The first-order chi connectivity index (χ1) is 14.8. The van der Waals surface area contributed by atoms with E-state index in [1.807, 2.05) is 11.0 Å². The standard InChI is InChI=1S/C21H25FN4O4S/c1-23-21(28)24-20(27)19(16-6-3-2-4-7-16)25-12-5-13-26(15-14-25)31(29,30)18-10-8-17(22)9-11-18/h2-4,6-11,19H,5,12-15H2,1H3,(H2,23,24,27,28). The second kappa shape index (κ2) is 9.99. The van der Waals surface area contributed by atoms with Gasteiger partial charge in [0.15, 0.2) is 0 Å². The Kier molecular flexibility index (Phi) is 7.37. The zero-order valence-corrected chi connectivity index (χ0v) is 17.9. The molecule has 166 valence electrons. The molecule has 1 aliphatic heterocycles. The van der Waals surface area contributed by atoms with Gasteiger partial charge in [0.2, 0.25) is 15.9 Å². The topological polar surface area (TPSA) is 98.8 Å². The number of nitrogens with one attached hydrogen (secondary N) is 2. The van der Waals surface area contributed by atoms with E-state index in [1.165, 1.54) is 23.5 Å². The van der Waals surface area contributed by atoms with Crippen molar-refractivity contribution >= 4 is 22.0 Å². The summed E-state index contributed by atoms with van der Waals surface area (Å²) in [6.45, 7) is 1.20. The van der Waals surface area contributed by atoms with Gasteiger partial charge in [0.05, 0.1) is 4.90 Å². The van der Waals surface area contributed by atoms with Crippen LogP contribution in [0.3, 0.4) is 0 Å². The highest BCUT2D eigenvalue weighted by molar-refractivity contribution is 7.89. The van der Waals surface area contributed by atoms with E-state index in [9.17, 15) is 22.4 Å². The number of halogens is 1. The molecule has 2 aromatic rings. The maximum atomic E-state index is 13.2. The van der Waals surface area contributed by atoms with Gasteiger partial charge in [0, 0.05) is 33.2 Å². The van der Waals surface area contributed by atoms with Crippen molar-refractivity contribution in [3.63, 3.8) is 0 Å². The molecule has 0 bridgehead atoms. The van der Waals surface area contributed by atoms with Crippen molar-refractivity contribution in [2.24, 2.45) is 0 Å². The van der Waals surface area contributed by atoms with Crippen LogP contribution in [-0.4, -0.2) is 62.8 Å². The first kappa shape index (κ1) is 22.9. The SMILES string of the molecule is CNC(=O)NC(=O)C(c1ccccc1)N1CCCN(S(=O)(=O)c2ccc(F)cc2)CC1. The van der Waals surface area contributed by atoms with Gasteiger partial charge in [-0.3, -0.25) is 15.0 Å². The molecule has 3 rings (SSSR count). The van der Waals surface area contributed by atoms with Crippen LogP contribution in [0.2, 0.25) is 0 Å². The van der Waals surface area contributed by atoms with Gasteiger partial charge < -0.3 is 5.32 Å². The molecule has 1 unspecified atom stereocenters. The highest BCUT2D eigenvalue weighted by Gasteiger charge is 2.33. The lowest BCUT2D eigenvalue weighted by molar-refractivity contribution is -0.125. The van der Waals surface area contributed by atoms with E-state index in [4.69, 9.17) is 0 Å². The Bertz CT molecular complexity index is 1020. The largest absolute Gasteiger partial charge is 0.341 e. The van der Waals surface area contributed by atoms with Gasteiger partial charge in [0.1, 0.15) is 11.9 Å². The van der Waals surface area contributed by atoms with Crippen LogP contribution in [-0.2, 0) is 14.8 Å². The maximum absolute atomic E-state index is 13.2. The highest BCUT2D eigenvalue weighted by Crippen LogP contribution is 2.25. The van der Waals surface area contributed by atoms with Gasteiger partial charge >= 0.3 is 6.03 Å². The van der Waals surface area contributed by atoms with Crippen LogP contribution < -0.4 is 10.6 Å². The minimum absolute atomic E-state index is 0.0271. The smallest absolute Gasteiger partial charge is 0.321 e. The van der Waals surface area contributed by atoms with Crippen LogP contribution in [0.25, 0.3) is 0 Å². The van der Waals surface area contributed by atoms with Crippen LogP contribution in [0.5, 0.6) is 0 Å². The molecule has 1 aliphatic rings. The number of carbonyl (C=O) groups is 2. The third-order valence-electron chi connectivity index (χ3n) is 5.13. The minimum atomic E-state index is -3.78. The fourth-order valence-electron chi connectivity index (χ4n) is 3.57. The van der Waals surface area contributed by atoms with E-state index < -0.39 is 33.8 Å². The molecule has 0 saturated carbocycles. The Morgan fingerprint density at radius 1 is 0.968 bits per heavy atom. The van der Waals surface area contributed by atoms with Crippen LogP contribution in [0.15, 0.2) is 59.5 Å². The van der Waals surface area contributed by atoms with E-state index in [0.29, 0.717) is 25.1 Å². The van der Waals surface area contributed by atoms with E-state index in [2.05, 4.69) is 10.6 Å². The summed E-state index contributed by atoms with van der Waals surface area (Å²) in [7, 11) is -2.36. The first-order valence-electron chi connectivity index (χ1n) is 9.90. The number of hydrogen-bond acceptors (Lipinski definition) is 5. The number of rotatable bonds is 5. The summed E-state index contributed by atoms with van der Waals surface area (Å²) >= 11 is 0. The average Bonchev–Trinajstić information content (AvgIpc) is 3.01. The molecular formula is C21H25FN4O4S. The van der Waals surface area contributed by atoms with Crippen LogP contribution in [0, 0.1) is 5.82 Å². The van der Waals surface area contributed by atoms with E-state index in [0.717, 1.165) is 12.1 Å². The molecule has 3 amide bonds. The normalized spacial score (nSPS) is 16.8. The molecule has 0 radical (unpaired) electrons. The van der Waals surface area contributed by atoms with Crippen molar-refractivity contribution in [1.29, 1.82) is 0 Å². The predicted molar refractivity (Wildman–Crippen MR) is 113 cm³/mol. The summed E-state index contributed by atoms with van der Waals surface area (Å²) in [6, 6.07) is 12.4. The van der Waals surface area contributed by atoms with Crippen LogP contribution in [0.4, 0.5) is 9.18 Å². The second-order valence-corrected chi connectivity index (χ2v) is 9.07. The number of hydrogen-bond donors (Lipinski definition) is 2. The molecule has 1 fully saturated rings. The van der Waals surface area contributed by atoms with Crippen molar-refractivity contribution in [2.75, 3.05) is 33.2 Å². The molecule has 31 heavy (non-hydrogen) atoms. The van der Waals surface area contributed by atoms with E-state index in [-0.39, 0.29) is 18.0 Å². The summed E-state index contributed by atoms with van der Waals surface area (Å²) < 4.78 is 40.5. The summed E-state index contributed by atoms with van der Waals surface area (Å²) in [4.78, 5) is 26.5. The summed E-state index contributed by atoms with van der Waals surface area (Å²) in [6.07, 6.45) is 0.497. The van der Waals surface area contributed by atoms with Crippen molar-refractivity contribution in [3.8, 4) is 0 Å². The average molecular weight is 449 g/mol. The molecule has 1 heterocycles. The lowest BCUT2D eigenvalue weighted by Crippen LogP contribution is -2.46. The van der Waals surface area contributed by atoms with Gasteiger partial charge in [0.25, 0.3) is 0 Å². The number of sulfonamides is 1. The fraction of sp³-hybridized carbons (Fsp3) is 0.333. The van der Waals surface area contributed by atoms with Gasteiger partial charge in [-0.05, 0) is 36.2 Å². The number of benzene rings is 2. The fourth-order valence-corrected chi connectivity index (χ4v) is 5.04. The molecule has 2 N–H and O–H groups in total. The molecule has 8 nitrogen and oxygen atoms in total. The summed E-state index contributed by atoms with van der Waals surface area (Å²) in [5.41, 5.74) is 0.707. The highest BCUT2D eigenvalue weighted by atomic mass is 32.2. The van der Waals surface area contributed by atoms with Crippen LogP contribution in [0.1, 0.15) is 18.0 Å². The third kappa shape index (κ3) is 5.46. The number of imide groups is 1. The Hall–Kier alpha value is -2.82. The molecule has 0 aliphatic carbocycles. The lowest BCUT2D eigenvalue weighted by Gasteiger charge is -2.29. The van der Waals surface area contributed by atoms with E-state index >= 15 is 0 Å². The third-order valence-corrected chi connectivity index (χ3v) is 7.05. The van der Waals surface area contributed by atoms with Crippen LogP contribution >= 0.6 is 0 Å². The Morgan fingerprint density at radius 3 is 2.29 bits per heavy atom. The van der Waals surface area contributed by atoms with Crippen molar-refractivity contribution in [1.82, 2.24) is 19.8 Å². The molecule has 2 aromatic carbocycles. The quantitative estimate of drug-likeness (QED) is 0.726. The number of nitrogens with zero attached hydrogens (tertiary/aromatic N) is 2. The Morgan fingerprint density at radius 2 is 1.65 bits per heavy atom. The van der Waals surface area contributed by atoms with Crippen molar-refractivity contribution in [2.45, 2.75) is 17.4 Å². The number of amides is 3. The predicted octanol–water partition coefficient (Wildman–Crippen LogP) is 1.72. The number of carbonyl (C=O) groups excluding carboxylic acids is 2. The van der Waals surface area contributed by atoms with Gasteiger partial charge in [-0.25, -0.2) is 17.6 Å². The van der Waals surface area contributed by atoms with Crippen molar-refractivity contribution < 1.29 is 22.4 Å². The van der Waals surface area contributed by atoms with Gasteiger partial charge in [-0.1, -0.05) is 30.3 Å². The Labute approximate surface area is 181 Å². The minimum Gasteiger partial charge on any atom is -0.341 e. The van der Waals surface area contributed by atoms with Gasteiger partial charge in [-0.2, -0.15) is 4.31 Å². The molecular weight excluding hydrogens is 423 g/mol.